The highest BCUT2D eigenvalue weighted by Gasteiger charge is 2.22. The van der Waals surface area contributed by atoms with Crippen molar-refractivity contribution in [3.8, 4) is 0 Å². The topological polar surface area (TPSA) is 89.8 Å². The van der Waals surface area contributed by atoms with Gasteiger partial charge in [-0.15, -0.1) is 0 Å². The van der Waals surface area contributed by atoms with E-state index < -0.39 is 16.8 Å². The molecule has 0 N–H and O–H groups in total. The molecule has 1 aromatic carbocycles. The Balaban J connectivity index is 2.89. The summed E-state index contributed by atoms with van der Waals surface area (Å²) < 4.78 is 4.61. The van der Waals surface area contributed by atoms with Crippen molar-refractivity contribution in [2.24, 2.45) is 0 Å². The van der Waals surface area contributed by atoms with Gasteiger partial charge >= 0.3 is 5.97 Å². The molecular weight excluding hydrogens is 332 g/mol. The third kappa shape index (κ3) is 3.77. The van der Waals surface area contributed by atoms with Gasteiger partial charge in [0.05, 0.1) is 24.0 Å². The first kappa shape index (κ1) is 16.1. The molecule has 108 valence electrons. The Hall–Kier alpha value is -1.96. The zero-order valence-corrected chi connectivity index (χ0v) is 12.5. The molecule has 1 aromatic rings. The second kappa shape index (κ2) is 6.99. The van der Waals surface area contributed by atoms with Gasteiger partial charge in [-0.1, -0.05) is 6.07 Å². The molecule has 0 saturated carbocycles. The SMILES string of the molecule is COC(=O)CCN(C)C(=O)c1cccc([N+](=O)[O-])c1Br. The number of rotatable bonds is 5. The number of esters is 1. The molecule has 0 saturated heterocycles. The van der Waals surface area contributed by atoms with E-state index in [0.29, 0.717) is 0 Å². The van der Waals surface area contributed by atoms with Crippen LogP contribution in [0.5, 0.6) is 0 Å². The van der Waals surface area contributed by atoms with Crippen LogP contribution >= 0.6 is 15.9 Å². The largest absolute Gasteiger partial charge is 0.469 e. The first-order valence-corrected chi connectivity index (χ1v) is 6.43. The molecule has 20 heavy (non-hydrogen) atoms. The van der Waals surface area contributed by atoms with Gasteiger partial charge in [0.15, 0.2) is 0 Å². The number of carbonyl (C=O) groups excluding carboxylic acids is 2. The van der Waals surface area contributed by atoms with Gasteiger partial charge in [-0.05, 0) is 22.0 Å². The maximum Gasteiger partial charge on any atom is 0.307 e. The Morgan fingerprint density at radius 3 is 2.65 bits per heavy atom. The number of benzene rings is 1. The van der Waals surface area contributed by atoms with E-state index in [1.807, 2.05) is 0 Å². The molecule has 0 fully saturated rings. The third-order valence-electron chi connectivity index (χ3n) is 2.63. The molecule has 8 heteroatoms. The average Bonchev–Trinajstić information content (AvgIpc) is 2.43. The molecule has 0 aliphatic heterocycles. The molecule has 1 amide bonds. The summed E-state index contributed by atoms with van der Waals surface area (Å²) in [6.07, 6.45) is 0.0608. The van der Waals surface area contributed by atoms with Gasteiger partial charge in [0, 0.05) is 19.7 Å². The van der Waals surface area contributed by atoms with Crippen LogP contribution in [0.2, 0.25) is 0 Å². The number of hydrogen-bond acceptors (Lipinski definition) is 5. The third-order valence-corrected chi connectivity index (χ3v) is 3.46. The van der Waals surface area contributed by atoms with E-state index in [2.05, 4.69) is 20.7 Å². The second-order valence-corrected chi connectivity index (χ2v) is 4.74. The lowest BCUT2D eigenvalue weighted by Crippen LogP contribution is -2.29. The maximum absolute atomic E-state index is 12.2. The van der Waals surface area contributed by atoms with Crippen molar-refractivity contribution >= 4 is 33.5 Å². The number of halogens is 1. The van der Waals surface area contributed by atoms with Gasteiger partial charge in [-0.25, -0.2) is 0 Å². The van der Waals surface area contributed by atoms with Crippen LogP contribution in [0.1, 0.15) is 16.8 Å². The minimum absolute atomic E-state index is 0.0608. The van der Waals surface area contributed by atoms with E-state index in [-0.39, 0.29) is 28.7 Å². The minimum atomic E-state index is -0.574. The van der Waals surface area contributed by atoms with Crippen LogP contribution in [0.25, 0.3) is 0 Å². The molecule has 0 radical (unpaired) electrons. The molecule has 0 spiro atoms. The van der Waals surface area contributed by atoms with Gasteiger partial charge in [0.2, 0.25) is 0 Å². The van der Waals surface area contributed by atoms with Crippen LogP contribution in [0.4, 0.5) is 5.69 Å². The van der Waals surface area contributed by atoms with Crippen LogP contribution in [-0.4, -0.2) is 42.4 Å². The Morgan fingerprint density at radius 2 is 2.10 bits per heavy atom. The van der Waals surface area contributed by atoms with Crippen LogP contribution in [-0.2, 0) is 9.53 Å². The van der Waals surface area contributed by atoms with Crippen molar-refractivity contribution < 1.29 is 19.2 Å². The van der Waals surface area contributed by atoms with Crippen LogP contribution < -0.4 is 0 Å². The molecule has 0 aliphatic carbocycles. The maximum atomic E-state index is 12.2. The number of nitro groups is 1. The molecule has 7 nitrogen and oxygen atoms in total. The molecule has 0 bridgehead atoms. The summed E-state index contributed by atoms with van der Waals surface area (Å²) >= 11 is 3.06. The zero-order valence-electron chi connectivity index (χ0n) is 11.0. The highest BCUT2D eigenvalue weighted by molar-refractivity contribution is 9.10. The van der Waals surface area contributed by atoms with Gasteiger partial charge in [0.25, 0.3) is 11.6 Å². The highest BCUT2D eigenvalue weighted by Crippen LogP contribution is 2.28. The van der Waals surface area contributed by atoms with Crippen LogP contribution in [0.3, 0.4) is 0 Å². The van der Waals surface area contributed by atoms with E-state index in [1.54, 1.807) is 0 Å². The Morgan fingerprint density at radius 1 is 1.45 bits per heavy atom. The standard InChI is InChI=1S/C12H13BrN2O5/c1-14(7-6-10(16)20-2)12(17)8-4-3-5-9(11(8)13)15(18)19/h3-5H,6-7H2,1-2H3. The zero-order chi connectivity index (χ0) is 15.3. The molecule has 0 atom stereocenters. The molecule has 0 aliphatic rings. The van der Waals surface area contributed by atoms with Crippen LogP contribution in [0.15, 0.2) is 22.7 Å². The van der Waals surface area contributed by atoms with Gasteiger partial charge in [0.1, 0.15) is 4.47 Å². The van der Waals surface area contributed by atoms with E-state index in [1.165, 1.54) is 37.3 Å². The van der Waals surface area contributed by atoms with Crippen molar-refractivity contribution in [2.75, 3.05) is 20.7 Å². The number of carbonyl (C=O) groups is 2. The van der Waals surface area contributed by atoms with E-state index in [4.69, 9.17) is 0 Å². The predicted octanol–water partition coefficient (Wildman–Crippen LogP) is 1.99. The van der Waals surface area contributed by atoms with Crippen molar-refractivity contribution in [1.82, 2.24) is 4.90 Å². The van der Waals surface area contributed by atoms with Crippen molar-refractivity contribution in [3.05, 3.63) is 38.3 Å². The summed E-state index contributed by atoms with van der Waals surface area (Å²) in [6, 6.07) is 4.22. The normalized spacial score (nSPS) is 9.95. The lowest BCUT2D eigenvalue weighted by molar-refractivity contribution is -0.385. The summed E-state index contributed by atoms with van der Waals surface area (Å²) in [7, 11) is 2.78. The van der Waals surface area contributed by atoms with Crippen molar-refractivity contribution in [2.45, 2.75) is 6.42 Å². The fourth-order valence-corrected chi connectivity index (χ4v) is 2.07. The number of nitro benzene ring substituents is 1. The summed E-state index contributed by atoms with van der Waals surface area (Å²) in [4.78, 5) is 34.7. The summed E-state index contributed by atoms with van der Waals surface area (Å²) in [5.74, 6) is -0.841. The van der Waals surface area contributed by atoms with Gasteiger partial charge in [-0.2, -0.15) is 0 Å². The number of ether oxygens (including phenoxy) is 1. The predicted molar refractivity (Wildman–Crippen MR) is 74.4 cm³/mol. The Bertz CT molecular complexity index is 547. The first-order chi connectivity index (χ1) is 9.38. The Kier molecular flexibility index (Phi) is 5.63. The van der Waals surface area contributed by atoms with Gasteiger partial charge < -0.3 is 9.64 Å². The van der Waals surface area contributed by atoms with Crippen LogP contribution in [0, 0.1) is 10.1 Å². The lowest BCUT2D eigenvalue weighted by Gasteiger charge is -2.17. The monoisotopic (exact) mass is 344 g/mol. The van der Waals surface area contributed by atoms with Gasteiger partial charge in [-0.3, -0.25) is 19.7 Å². The molecule has 0 aromatic heterocycles. The summed E-state index contributed by atoms with van der Waals surface area (Å²) in [5, 5.41) is 10.8. The Labute approximate surface area is 123 Å². The number of methoxy groups -OCH3 is 1. The highest BCUT2D eigenvalue weighted by atomic mass is 79.9. The molecule has 0 heterocycles. The number of hydrogen-bond donors (Lipinski definition) is 0. The average molecular weight is 345 g/mol. The summed E-state index contributed by atoms with van der Waals surface area (Å²) in [6.45, 7) is 0.167. The van der Waals surface area contributed by atoms with Crippen molar-refractivity contribution in [1.29, 1.82) is 0 Å². The molecule has 1 rings (SSSR count). The molecule has 0 unspecified atom stereocenters. The quantitative estimate of drug-likeness (QED) is 0.463. The van der Waals surface area contributed by atoms with E-state index in [0.717, 1.165) is 0 Å². The summed E-state index contributed by atoms with van der Waals surface area (Å²) in [5.41, 5.74) is -0.0104. The fraction of sp³-hybridized carbons (Fsp3) is 0.333. The fourth-order valence-electron chi connectivity index (χ4n) is 1.49. The van der Waals surface area contributed by atoms with E-state index >= 15 is 0 Å². The van der Waals surface area contributed by atoms with Crippen molar-refractivity contribution in [3.63, 3.8) is 0 Å². The second-order valence-electron chi connectivity index (χ2n) is 3.95. The first-order valence-electron chi connectivity index (χ1n) is 5.63. The molecular formula is C12H13BrN2O5. The number of amides is 1. The minimum Gasteiger partial charge on any atom is -0.469 e. The number of nitrogens with zero attached hydrogens (tertiary/aromatic N) is 2. The van der Waals surface area contributed by atoms with E-state index in [9.17, 15) is 19.7 Å². The smallest absolute Gasteiger partial charge is 0.307 e. The lowest BCUT2D eigenvalue weighted by atomic mass is 10.1.